The molecule has 2 heterocycles. The normalized spacial score (nSPS) is 10.8. The van der Waals surface area contributed by atoms with Crippen LogP contribution in [0.5, 0.6) is 0 Å². The van der Waals surface area contributed by atoms with Crippen LogP contribution >= 0.6 is 0 Å². The topological polar surface area (TPSA) is 64.7 Å². The van der Waals surface area contributed by atoms with Crippen LogP contribution in [0.15, 0.2) is 73.1 Å². The van der Waals surface area contributed by atoms with E-state index in [1.807, 2.05) is 55.7 Å². The first-order valence-corrected chi connectivity index (χ1v) is 9.25. The molecule has 0 saturated carbocycles. The summed E-state index contributed by atoms with van der Waals surface area (Å²) in [5.41, 5.74) is 3.11. The van der Waals surface area contributed by atoms with Crippen LogP contribution in [0.4, 0.5) is 4.39 Å². The highest BCUT2D eigenvalue weighted by molar-refractivity contribution is 5.95. The number of nitrogens with one attached hydrogen (secondary N) is 1. The zero-order valence-electron chi connectivity index (χ0n) is 15.9. The van der Waals surface area contributed by atoms with E-state index in [-0.39, 0.29) is 17.4 Å². The van der Waals surface area contributed by atoms with Gasteiger partial charge in [-0.3, -0.25) is 4.79 Å². The van der Waals surface area contributed by atoms with E-state index in [1.54, 1.807) is 21.4 Å². The van der Waals surface area contributed by atoms with Crippen molar-refractivity contribution in [3.63, 3.8) is 0 Å². The van der Waals surface area contributed by atoms with E-state index in [0.717, 1.165) is 16.7 Å². The number of nitrogens with zero attached hydrogens (tertiary/aromatic N) is 4. The van der Waals surface area contributed by atoms with Crippen molar-refractivity contribution in [2.24, 2.45) is 0 Å². The van der Waals surface area contributed by atoms with E-state index in [4.69, 9.17) is 0 Å². The minimum atomic E-state index is -0.320. The van der Waals surface area contributed by atoms with Crippen molar-refractivity contribution >= 4 is 5.91 Å². The highest BCUT2D eigenvalue weighted by Crippen LogP contribution is 2.16. The molecule has 0 radical (unpaired) electrons. The highest BCUT2D eigenvalue weighted by atomic mass is 19.1. The summed E-state index contributed by atoms with van der Waals surface area (Å²) in [6.45, 7) is 2.70. The quantitative estimate of drug-likeness (QED) is 0.549. The number of rotatable bonds is 6. The Bertz CT molecular complexity index is 1120. The minimum absolute atomic E-state index is 0.213. The molecule has 1 N–H and O–H groups in total. The van der Waals surface area contributed by atoms with E-state index in [2.05, 4.69) is 15.6 Å². The number of aromatic nitrogens is 4. The average molecular weight is 389 g/mol. The van der Waals surface area contributed by atoms with Crippen molar-refractivity contribution < 1.29 is 9.18 Å². The Morgan fingerprint density at radius 2 is 1.79 bits per heavy atom. The standard InChI is InChI=1S/C22H20FN5O/c1-16-7-9-17(10-8-16)14-24-21(29)20-22(27-11-2-3-12-27)28(26-25-20)15-18-5-4-6-19(23)13-18/h2-13H,14-15H2,1H3,(H,24,29). The van der Waals surface area contributed by atoms with Gasteiger partial charge in [-0.2, -0.15) is 0 Å². The van der Waals surface area contributed by atoms with Gasteiger partial charge >= 0.3 is 0 Å². The van der Waals surface area contributed by atoms with Crippen LogP contribution in [0.2, 0.25) is 0 Å². The second-order valence-electron chi connectivity index (χ2n) is 6.81. The van der Waals surface area contributed by atoms with Gasteiger partial charge in [-0.25, -0.2) is 9.07 Å². The molecule has 4 rings (SSSR count). The zero-order chi connectivity index (χ0) is 20.2. The summed E-state index contributed by atoms with van der Waals surface area (Å²) < 4.78 is 16.9. The molecule has 0 aliphatic carbocycles. The molecule has 0 aliphatic heterocycles. The number of benzene rings is 2. The molecular weight excluding hydrogens is 369 g/mol. The zero-order valence-corrected chi connectivity index (χ0v) is 15.9. The van der Waals surface area contributed by atoms with E-state index < -0.39 is 0 Å². The van der Waals surface area contributed by atoms with Crippen molar-refractivity contribution in [2.75, 3.05) is 0 Å². The molecule has 4 aromatic rings. The van der Waals surface area contributed by atoms with Crippen LogP contribution in [0.25, 0.3) is 5.82 Å². The summed E-state index contributed by atoms with van der Waals surface area (Å²) >= 11 is 0. The van der Waals surface area contributed by atoms with Gasteiger partial charge in [0.1, 0.15) is 5.82 Å². The third-order valence-electron chi connectivity index (χ3n) is 4.57. The fourth-order valence-corrected chi connectivity index (χ4v) is 3.07. The lowest BCUT2D eigenvalue weighted by Crippen LogP contribution is -2.25. The maximum absolute atomic E-state index is 13.5. The number of carbonyl (C=O) groups is 1. The van der Waals surface area contributed by atoms with Crippen LogP contribution in [0, 0.1) is 12.7 Å². The summed E-state index contributed by atoms with van der Waals surface area (Å²) in [7, 11) is 0. The van der Waals surface area contributed by atoms with Gasteiger partial charge in [-0.1, -0.05) is 47.2 Å². The molecule has 0 unspecified atom stereocenters. The van der Waals surface area contributed by atoms with Gasteiger partial charge in [0.2, 0.25) is 0 Å². The number of aryl methyl sites for hydroxylation is 1. The van der Waals surface area contributed by atoms with E-state index >= 15 is 0 Å². The van der Waals surface area contributed by atoms with E-state index in [9.17, 15) is 9.18 Å². The van der Waals surface area contributed by atoms with Crippen molar-refractivity contribution in [3.8, 4) is 5.82 Å². The van der Waals surface area contributed by atoms with Gasteiger partial charge in [0.15, 0.2) is 11.5 Å². The Hall–Kier alpha value is -3.74. The molecule has 29 heavy (non-hydrogen) atoms. The Kier molecular flexibility index (Phi) is 5.20. The maximum Gasteiger partial charge on any atom is 0.276 e. The number of halogens is 1. The second-order valence-corrected chi connectivity index (χ2v) is 6.81. The first-order chi connectivity index (χ1) is 14.1. The highest BCUT2D eigenvalue weighted by Gasteiger charge is 2.21. The smallest absolute Gasteiger partial charge is 0.276 e. The molecule has 2 aromatic heterocycles. The van der Waals surface area contributed by atoms with Crippen molar-refractivity contribution in [2.45, 2.75) is 20.0 Å². The first kappa shape index (κ1) is 18.6. The van der Waals surface area contributed by atoms with Gasteiger partial charge in [-0.15, -0.1) is 5.10 Å². The summed E-state index contributed by atoms with van der Waals surface area (Å²) in [6, 6.07) is 17.9. The van der Waals surface area contributed by atoms with E-state index in [1.165, 1.54) is 12.1 Å². The lowest BCUT2D eigenvalue weighted by molar-refractivity contribution is 0.0946. The molecule has 2 aromatic carbocycles. The molecule has 6 nitrogen and oxygen atoms in total. The third-order valence-corrected chi connectivity index (χ3v) is 4.57. The summed E-state index contributed by atoms with van der Waals surface area (Å²) in [5.74, 6) is -0.110. The van der Waals surface area contributed by atoms with Gasteiger partial charge in [0.05, 0.1) is 6.54 Å². The molecule has 0 saturated heterocycles. The predicted molar refractivity (Wildman–Crippen MR) is 107 cm³/mol. The van der Waals surface area contributed by atoms with Crippen LogP contribution in [-0.4, -0.2) is 25.5 Å². The SMILES string of the molecule is Cc1ccc(CNC(=O)c2nnn(Cc3cccc(F)c3)c2-n2cccc2)cc1. The molecule has 0 bridgehead atoms. The minimum Gasteiger partial charge on any atom is -0.346 e. The van der Waals surface area contributed by atoms with Crippen LogP contribution < -0.4 is 5.32 Å². The third kappa shape index (κ3) is 4.24. The summed E-state index contributed by atoms with van der Waals surface area (Å²) in [6.07, 6.45) is 3.63. The van der Waals surface area contributed by atoms with Crippen molar-refractivity contribution in [3.05, 3.63) is 101 Å². The maximum atomic E-state index is 13.5. The van der Waals surface area contributed by atoms with Crippen molar-refractivity contribution in [1.29, 1.82) is 0 Å². The van der Waals surface area contributed by atoms with Gasteiger partial charge < -0.3 is 9.88 Å². The fraction of sp³-hybridized carbons (Fsp3) is 0.136. The summed E-state index contributed by atoms with van der Waals surface area (Å²) in [4.78, 5) is 12.8. The molecule has 0 fully saturated rings. The van der Waals surface area contributed by atoms with Crippen LogP contribution in [-0.2, 0) is 13.1 Å². The largest absolute Gasteiger partial charge is 0.346 e. The van der Waals surface area contributed by atoms with Crippen LogP contribution in [0.3, 0.4) is 0 Å². The Morgan fingerprint density at radius 3 is 2.52 bits per heavy atom. The molecule has 7 heteroatoms. The van der Waals surface area contributed by atoms with Gasteiger partial charge in [-0.05, 0) is 42.3 Å². The molecule has 0 spiro atoms. The molecule has 0 atom stereocenters. The lowest BCUT2D eigenvalue weighted by Gasteiger charge is -2.10. The Labute approximate surface area is 167 Å². The van der Waals surface area contributed by atoms with Gasteiger partial charge in [0.25, 0.3) is 5.91 Å². The fourth-order valence-electron chi connectivity index (χ4n) is 3.07. The second kappa shape index (κ2) is 8.10. The number of carbonyl (C=O) groups excluding carboxylic acids is 1. The van der Waals surface area contributed by atoms with Crippen LogP contribution in [0.1, 0.15) is 27.2 Å². The summed E-state index contributed by atoms with van der Waals surface area (Å²) in [5, 5.41) is 11.1. The average Bonchev–Trinajstić information content (AvgIpc) is 3.37. The lowest BCUT2D eigenvalue weighted by atomic mass is 10.1. The van der Waals surface area contributed by atoms with Crippen molar-refractivity contribution in [1.82, 2.24) is 24.9 Å². The predicted octanol–water partition coefficient (Wildman–Crippen LogP) is 3.49. The molecule has 0 aliphatic rings. The Morgan fingerprint density at radius 1 is 1.03 bits per heavy atom. The number of amides is 1. The molecule has 146 valence electrons. The number of hydrogen-bond donors (Lipinski definition) is 1. The van der Waals surface area contributed by atoms with Gasteiger partial charge in [0, 0.05) is 18.9 Å². The molecule has 1 amide bonds. The monoisotopic (exact) mass is 389 g/mol. The Balaban J connectivity index is 1.60. The first-order valence-electron chi connectivity index (χ1n) is 9.25. The number of hydrogen-bond acceptors (Lipinski definition) is 3. The molecular formula is C22H20FN5O. The van der Waals surface area contributed by atoms with E-state index in [0.29, 0.717) is 18.9 Å².